The van der Waals surface area contributed by atoms with Crippen LogP contribution in [0.3, 0.4) is 0 Å². The minimum atomic E-state index is -0.141. The Balaban J connectivity index is 1.67. The Morgan fingerprint density at radius 2 is 2.10 bits per heavy atom. The van der Waals surface area contributed by atoms with Crippen LogP contribution < -0.4 is 11.1 Å². The summed E-state index contributed by atoms with van der Waals surface area (Å²) in [5.41, 5.74) is 8.26. The molecule has 21 heavy (non-hydrogen) atoms. The fourth-order valence-electron chi connectivity index (χ4n) is 2.38. The normalized spacial score (nSPS) is 20.7. The van der Waals surface area contributed by atoms with Crippen molar-refractivity contribution >= 4 is 11.6 Å². The molecule has 0 saturated carbocycles. The third kappa shape index (κ3) is 3.03. The van der Waals surface area contributed by atoms with Crippen LogP contribution in [0.15, 0.2) is 47.1 Å². The summed E-state index contributed by atoms with van der Waals surface area (Å²) in [5.74, 6) is 0.467. The number of carbonyl (C=O) groups is 1. The maximum absolute atomic E-state index is 12.1. The number of oxazole rings is 1. The lowest BCUT2D eigenvalue weighted by molar-refractivity contribution is -0.118. The molecule has 1 aromatic carbocycles. The lowest BCUT2D eigenvalue weighted by atomic mass is 10.1. The summed E-state index contributed by atoms with van der Waals surface area (Å²) in [7, 11) is 0. The van der Waals surface area contributed by atoms with E-state index in [2.05, 4.69) is 10.3 Å². The average molecular weight is 283 g/mol. The zero-order valence-electron chi connectivity index (χ0n) is 11.7. The maximum Gasteiger partial charge on any atom is 0.231 e. The van der Waals surface area contributed by atoms with Gasteiger partial charge in [-0.1, -0.05) is 24.3 Å². The molecule has 0 fully saturated rings. The first-order valence-electron chi connectivity index (χ1n) is 6.89. The molecule has 0 bridgehead atoms. The number of hydrogen-bond acceptors (Lipinski definition) is 4. The molecule has 1 aromatic heterocycles. The fourth-order valence-corrected chi connectivity index (χ4v) is 2.38. The highest BCUT2D eigenvalue weighted by molar-refractivity contribution is 5.94. The second-order valence-corrected chi connectivity index (χ2v) is 5.21. The number of aromatic nitrogens is 1. The summed E-state index contributed by atoms with van der Waals surface area (Å²) in [6.45, 7) is 1.80. The molecule has 1 heterocycles. The van der Waals surface area contributed by atoms with Crippen LogP contribution in [0.5, 0.6) is 0 Å². The lowest BCUT2D eigenvalue weighted by Crippen LogP contribution is -2.23. The number of nitrogens with two attached hydrogens (primary N) is 1. The summed E-state index contributed by atoms with van der Waals surface area (Å²) >= 11 is 0. The fraction of sp³-hybridized carbons (Fsp3) is 0.250. The van der Waals surface area contributed by atoms with Gasteiger partial charge in [0.2, 0.25) is 5.91 Å². The summed E-state index contributed by atoms with van der Waals surface area (Å²) in [5, 5.41) is 2.90. The van der Waals surface area contributed by atoms with Crippen molar-refractivity contribution in [2.24, 2.45) is 11.7 Å². The van der Waals surface area contributed by atoms with Crippen molar-refractivity contribution in [1.82, 2.24) is 4.98 Å². The van der Waals surface area contributed by atoms with E-state index < -0.39 is 0 Å². The largest absolute Gasteiger partial charge is 0.449 e. The van der Waals surface area contributed by atoms with Gasteiger partial charge in [-0.25, -0.2) is 4.98 Å². The molecule has 3 N–H and O–H groups in total. The van der Waals surface area contributed by atoms with Crippen LogP contribution in [0, 0.1) is 12.8 Å². The van der Waals surface area contributed by atoms with Gasteiger partial charge in [-0.15, -0.1) is 0 Å². The van der Waals surface area contributed by atoms with Gasteiger partial charge in [0.15, 0.2) is 5.89 Å². The molecule has 5 nitrogen and oxygen atoms in total. The van der Waals surface area contributed by atoms with Gasteiger partial charge < -0.3 is 15.5 Å². The van der Waals surface area contributed by atoms with E-state index in [1.165, 1.54) is 0 Å². The Kier molecular flexibility index (Phi) is 3.58. The molecule has 0 saturated heterocycles. The van der Waals surface area contributed by atoms with Crippen LogP contribution >= 0.6 is 0 Å². The van der Waals surface area contributed by atoms with Crippen molar-refractivity contribution in [3.05, 3.63) is 48.6 Å². The number of rotatable bonds is 3. The monoisotopic (exact) mass is 283 g/mol. The zero-order chi connectivity index (χ0) is 14.8. The summed E-state index contributed by atoms with van der Waals surface area (Å²) in [6, 6.07) is 7.51. The maximum atomic E-state index is 12.1. The van der Waals surface area contributed by atoms with Crippen LogP contribution in [0.25, 0.3) is 11.3 Å². The highest BCUT2D eigenvalue weighted by Gasteiger charge is 2.22. The van der Waals surface area contributed by atoms with Crippen molar-refractivity contribution in [1.29, 1.82) is 0 Å². The summed E-state index contributed by atoms with van der Waals surface area (Å²) in [6.07, 6.45) is 6.03. The van der Waals surface area contributed by atoms with Crippen molar-refractivity contribution in [3.8, 4) is 11.3 Å². The zero-order valence-corrected chi connectivity index (χ0v) is 11.7. The highest BCUT2D eigenvalue weighted by atomic mass is 16.3. The average Bonchev–Trinajstić information content (AvgIpc) is 3.08. The van der Waals surface area contributed by atoms with E-state index in [0.29, 0.717) is 12.3 Å². The van der Waals surface area contributed by atoms with Gasteiger partial charge in [-0.05, 0) is 18.6 Å². The molecule has 0 radical (unpaired) electrons. The minimum Gasteiger partial charge on any atom is -0.449 e. The van der Waals surface area contributed by atoms with E-state index in [9.17, 15) is 4.79 Å². The number of aryl methyl sites for hydroxylation is 1. The van der Waals surface area contributed by atoms with Crippen molar-refractivity contribution in [2.45, 2.75) is 19.4 Å². The lowest BCUT2D eigenvalue weighted by Gasteiger charge is -2.10. The van der Waals surface area contributed by atoms with Crippen LogP contribution in [0.2, 0.25) is 0 Å². The number of nitrogens with zero attached hydrogens (tertiary/aromatic N) is 1. The second-order valence-electron chi connectivity index (χ2n) is 5.21. The van der Waals surface area contributed by atoms with E-state index in [4.69, 9.17) is 10.2 Å². The Hall–Kier alpha value is -2.40. The summed E-state index contributed by atoms with van der Waals surface area (Å²) < 4.78 is 5.19. The molecule has 1 aliphatic carbocycles. The van der Waals surface area contributed by atoms with E-state index in [-0.39, 0.29) is 17.9 Å². The Labute approximate surface area is 122 Å². The first kappa shape index (κ1) is 13.6. The smallest absolute Gasteiger partial charge is 0.231 e. The van der Waals surface area contributed by atoms with Crippen LogP contribution in [0.4, 0.5) is 5.69 Å². The predicted molar refractivity (Wildman–Crippen MR) is 80.5 cm³/mol. The van der Waals surface area contributed by atoms with E-state index >= 15 is 0 Å². The van der Waals surface area contributed by atoms with Crippen molar-refractivity contribution in [2.75, 3.05) is 5.32 Å². The molecule has 2 unspecified atom stereocenters. The SMILES string of the molecule is Cc1nc(-c2ccc(NC(=O)C3C=CC(N)C3)cc2)co1. The van der Waals surface area contributed by atoms with Gasteiger partial charge in [-0.3, -0.25) is 4.79 Å². The van der Waals surface area contributed by atoms with Gasteiger partial charge in [0.1, 0.15) is 12.0 Å². The van der Waals surface area contributed by atoms with Crippen molar-refractivity contribution in [3.63, 3.8) is 0 Å². The van der Waals surface area contributed by atoms with Gasteiger partial charge >= 0.3 is 0 Å². The van der Waals surface area contributed by atoms with E-state index in [1.54, 1.807) is 13.2 Å². The number of benzene rings is 1. The van der Waals surface area contributed by atoms with Gasteiger partial charge in [-0.2, -0.15) is 0 Å². The number of nitrogens with one attached hydrogen (secondary N) is 1. The topological polar surface area (TPSA) is 81.2 Å². The van der Waals surface area contributed by atoms with Crippen LogP contribution in [-0.2, 0) is 4.79 Å². The molecule has 108 valence electrons. The number of anilines is 1. The van der Waals surface area contributed by atoms with Crippen LogP contribution in [-0.4, -0.2) is 16.9 Å². The van der Waals surface area contributed by atoms with E-state index in [1.807, 2.05) is 36.4 Å². The quantitative estimate of drug-likeness (QED) is 0.848. The third-order valence-corrected chi connectivity index (χ3v) is 3.52. The molecular weight excluding hydrogens is 266 g/mol. The van der Waals surface area contributed by atoms with Crippen molar-refractivity contribution < 1.29 is 9.21 Å². The molecular formula is C16H17N3O2. The van der Waals surface area contributed by atoms with Crippen LogP contribution in [0.1, 0.15) is 12.3 Å². The molecule has 1 aliphatic rings. The van der Waals surface area contributed by atoms with E-state index in [0.717, 1.165) is 16.9 Å². The third-order valence-electron chi connectivity index (χ3n) is 3.52. The second kappa shape index (κ2) is 5.54. The number of carbonyl (C=O) groups excluding carboxylic acids is 1. The van der Waals surface area contributed by atoms with Gasteiger partial charge in [0.25, 0.3) is 0 Å². The molecule has 0 spiro atoms. The highest BCUT2D eigenvalue weighted by Crippen LogP contribution is 2.22. The Bertz CT molecular complexity index is 673. The molecule has 1 amide bonds. The predicted octanol–water partition coefficient (Wildman–Crippen LogP) is 2.49. The number of hydrogen-bond donors (Lipinski definition) is 2. The first-order chi connectivity index (χ1) is 10.1. The standard InChI is InChI=1S/C16H17N3O2/c1-10-18-15(9-21-10)11-3-6-14(7-4-11)19-16(20)12-2-5-13(17)8-12/h2-7,9,12-13H,8,17H2,1H3,(H,19,20). The Morgan fingerprint density at radius 1 is 1.33 bits per heavy atom. The van der Waals surface area contributed by atoms with Gasteiger partial charge in [0, 0.05) is 24.2 Å². The Morgan fingerprint density at radius 3 is 2.67 bits per heavy atom. The summed E-state index contributed by atoms with van der Waals surface area (Å²) in [4.78, 5) is 16.3. The molecule has 2 aromatic rings. The molecule has 3 rings (SSSR count). The minimum absolute atomic E-state index is 0.0152. The molecule has 2 atom stereocenters. The molecule has 5 heteroatoms. The first-order valence-corrected chi connectivity index (χ1v) is 6.89. The molecule has 0 aliphatic heterocycles. The number of amides is 1. The van der Waals surface area contributed by atoms with Gasteiger partial charge in [0.05, 0.1) is 5.92 Å².